The van der Waals surface area contributed by atoms with Crippen molar-refractivity contribution in [2.24, 2.45) is 21.8 Å². The molecule has 2 fully saturated rings. The number of hydrazone groups is 1. The molecule has 1 N–H and O–H groups in total. The number of anilines is 1. The Labute approximate surface area is 153 Å². The van der Waals surface area contributed by atoms with E-state index in [4.69, 9.17) is 0 Å². The number of nitro groups is 2. The summed E-state index contributed by atoms with van der Waals surface area (Å²) in [5.74, 6) is 0.546. The predicted molar refractivity (Wildman–Crippen MR) is 98.2 cm³/mol. The van der Waals surface area contributed by atoms with Crippen LogP contribution in [0.1, 0.15) is 33.1 Å². The Morgan fingerprint density at radius 2 is 2.04 bits per heavy atom. The van der Waals surface area contributed by atoms with E-state index in [1.807, 2.05) is 0 Å². The van der Waals surface area contributed by atoms with Crippen molar-refractivity contribution in [1.29, 1.82) is 0 Å². The summed E-state index contributed by atoms with van der Waals surface area (Å²) in [7, 11) is 0. The molecule has 2 aliphatic carbocycles. The van der Waals surface area contributed by atoms with Crippen molar-refractivity contribution < 1.29 is 9.85 Å². The van der Waals surface area contributed by atoms with E-state index in [1.165, 1.54) is 12.1 Å². The van der Waals surface area contributed by atoms with Gasteiger partial charge in [-0.3, -0.25) is 25.7 Å². The maximum absolute atomic E-state index is 11.2. The molecule has 0 amide bonds. The molecule has 3 atom stereocenters. The van der Waals surface area contributed by atoms with Gasteiger partial charge in [-0.05, 0) is 36.7 Å². The summed E-state index contributed by atoms with van der Waals surface area (Å²) in [5, 5.41) is 27.4. The fourth-order valence-corrected chi connectivity index (χ4v) is 5.29. The zero-order valence-corrected chi connectivity index (χ0v) is 15.6. The van der Waals surface area contributed by atoms with E-state index in [2.05, 4.69) is 40.3 Å². The van der Waals surface area contributed by atoms with E-state index in [0.29, 0.717) is 5.92 Å². The van der Waals surface area contributed by atoms with E-state index < -0.39 is 9.85 Å². The van der Waals surface area contributed by atoms with Crippen LogP contribution in [0.5, 0.6) is 0 Å². The Morgan fingerprint density at radius 1 is 1.32 bits per heavy atom. The maximum atomic E-state index is 11.2. The lowest BCUT2D eigenvalue weighted by atomic mass is 9.70. The third-order valence-electron chi connectivity index (χ3n) is 6.21. The van der Waals surface area contributed by atoms with Crippen molar-refractivity contribution in [2.75, 3.05) is 10.8 Å². The van der Waals surface area contributed by atoms with Crippen LogP contribution in [0.2, 0.25) is 0 Å². The van der Waals surface area contributed by atoms with E-state index in [1.54, 1.807) is 0 Å². The van der Waals surface area contributed by atoms with Crippen molar-refractivity contribution in [1.82, 2.24) is 0 Å². The third-order valence-corrected chi connectivity index (χ3v) is 7.37. The summed E-state index contributed by atoms with van der Waals surface area (Å²) < 4.78 is 0. The molecule has 0 spiro atoms. The summed E-state index contributed by atoms with van der Waals surface area (Å²) in [4.78, 5) is 20.7. The highest BCUT2D eigenvalue weighted by Crippen LogP contribution is 2.64. The number of nitrogens with zero attached hydrogens (tertiary/aromatic N) is 3. The lowest BCUT2D eigenvalue weighted by Crippen LogP contribution is -2.36. The number of hydrogen-bond donors (Lipinski definition) is 1. The van der Waals surface area contributed by atoms with Crippen LogP contribution in [-0.2, 0) is 0 Å². The van der Waals surface area contributed by atoms with Crippen LogP contribution in [0.15, 0.2) is 23.3 Å². The van der Waals surface area contributed by atoms with Crippen molar-refractivity contribution in [3.63, 3.8) is 0 Å². The molecule has 2 bridgehead atoms. The second-order valence-electron chi connectivity index (χ2n) is 7.21. The Hall–Kier alpha value is -2.03. The van der Waals surface area contributed by atoms with Crippen LogP contribution < -0.4 is 5.43 Å². The van der Waals surface area contributed by atoms with Crippen LogP contribution in [-0.4, -0.2) is 20.9 Å². The van der Waals surface area contributed by atoms with E-state index >= 15 is 0 Å². The van der Waals surface area contributed by atoms with Crippen LogP contribution in [0.4, 0.5) is 17.1 Å². The SMILES string of the molecule is C[C@@]12CC[C@H](C/C1=N/Nc1ccc([N+](=O)[O-])cc1[N+](=O)[O-])[C@@]2(C)CBr. The van der Waals surface area contributed by atoms with Crippen molar-refractivity contribution in [3.8, 4) is 0 Å². The number of halogens is 1. The monoisotopic (exact) mass is 410 g/mol. The van der Waals surface area contributed by atoms with Gasteiger partial charge in [-0.15, -0.1) is 0 Å². The minimum atomic E-state index is -0.652. The molecule has 2 saturated carbocycles. The lowest BCUT2D eigenvalue weighted by Gasteiger charge is -2.36. The van der Waals surface area contributed by atoms with Gasteiger partial charge in [0, 0.05) is 22.5 Å². The number of alkyl halides is 1. The molecule has 0 heterocycles. The Kier molecular flexibility index (Phi) is 4.30. The average molecular weight is 411 g/mol. The minimum absolute atomic E-state index is 0.0519. The van der Waals surface area contributed by atoms with Gasteiger partial charge in [0.25, 0.3) is 5.69 Å². The van der Waals surface area contributed by atoms with Gasteiger partial charge in [0.15, 0.2) is 0 Å². The van der Waals surface area contributed by atoms with E-state index in [0.717, 1.165) is 36.4 Å². The third kappa shape index (κ3) is 2.61. The van der Waals surface area contributed by atoms with Crippen LogP contribution >= 0.6 is 15.9 Å². The minimum Gasteiger partial charge on any atom is -0.272 e. The van der Waals surface area contributed by atoms with Gasteiger partial charge in [0.05, 0.1) is 15.9 Å². The molecule has 1 aromatic carbocycles. The largest absolute Gasteiger partial charge is 0.301 e. The standard InChI is InChI=1S/C16H19BrN4O4/c1-15-6-5-10(16(15,2)9-17)7-14(15)19-18-12-4-3-11(20(22)23)8-13(12)21(24)25/h3-4,8,10,18H,5-7,9H2,1-2H3/b19-14-/t10-,15-,16-/m1/s1. The second kappa shape index (κ2) is 6.05. The zero-order chi connectivity index (χ0) is 18.4. The lowest BCUT2D eigenvalue weighted by molar-refractivity contribution is -0.393. The molecule has 0 aliphatic heterocycles. The van der Waals surface area contributed by atoms with Gasteiger partial charge < -0.3 is 0 Å². The number of nitro benzene ring substituents is 2. The Bertz CT molecular complexity index is 783. The number of fused-ring (bicyclic) bond motifs is 2. The average Bonchev–Trinajstić information content (AvgIpc) is 2.95. The molecule has 134 valence electrons. The highest BCUT2D eigenvalue weighted by molar-refractivity contribution is 9.09. The van der Waals surface area contributed by atoms with Gasteiger partial charge in [0.2, 0.25) is 0 Å². The molecular formula is C16H19BrN4O4. The van der Waals surface area contributed by atoms with Crippen molar-refractivity contribution >= 4 is 38.7 Å². The fraction of sp³-hybridized carbons (Fsp3) is 0.562. The van der Waals surface area contributed by atoms with E-state index in [9.17, 15) is 20.2 Å². The first-order valence-electron chi connectivity index (χ1n) is 8.05. The number of hydrogen-bond acceptors (Lipinski definition) is 6. The molecule has 2 aliphatic rings. The van der Waals surface area contributed by atoms with E-state index in [-0.39, 0.29) is 27.9 Å². The summed E-state index contributed by atoms with van der Waals surface area (Å²) in [6, 6.07) is 3.52. The van der Waals surface area contributed by atoms with Gasteiger partial charge in [-0.1, -0.05) is 29.8 Å². The molecule has 0 unspecified atom stereocenters. The highest BCUT2D eigenvalue weighted by Gasteiger charge is 2.61. The summed E-state index contributed by atoms with van der Waals surface area (Å²) in [5.41, 5.74) is 3.36. The van der Waals surface area contributed by atoms with Gasteiger partial charge in [0.1, 0.15) is 5.69 Å². The van der Waals surface area contributed by atoms with Crippen LogP contribution in [0, 0.1) is 37.0 Å². The number of non-ortho nitro benzene ring substituents is 1. The van der Waals surface area contributed by atoms with Gasteiger partial charge in [-0.25, -0.2) is 0 Å². The summed E-state index contributed by atoms with van der Waals surface area (Å²) in [6.07, 6.45) is 3.07. The van der Waals surface area contributed by atoms with Crippen LogP contribution in [0.25, 0.3) is 0 Å². The Balaban J connectivity index is 1.91. The topological polar surface area (TPSA) is 111 Å². The van der Waals surface area contributed by atoms with Crippen molar-refractivity contribution in [3.05, 3.63) is 38.4 Å². The number of benzene rings is 1. The number of nitrogens with one attached hydrogen (secondary N) is 1. The van der Waals surface area contributed by atoms with Crippen molar-refractivity contribution in [2.45, 2.75) is 33.1 Å². The first-order chi connectivity index (χ1) is 11.7. The molecule has 25 heavy (non-hydrogen) atoms. The van der Waals surface area contributed by atoms with Crippen LogP contribution in [0.3, 0.4) is 0 Å². The first-order valence-corrected chi connectivity index (χ1v) is 9.17. The molecule has 0 saturated heterocycles. The molecule has 0 radical (unpaired) electrons. The second-order valence-corrected chi connectivity index (χ2v) is 7.77. The normalized spacial score (nSPS) is 32.1. The van der Waals surface area contributed by atoms with Gasteiger partial charge in [-0.2, -0.15) is 5.10 Å². The summed E-state index contributed by atoms with van der Waals surface area (Å²) >= 11 is 3.64. The zero-order valence-electron chi connectivity index (χ0n) is 14.0. The molecular weight excluding hydrogens is 392 g/mol. The van der Waals surface area contributed by atoms with Gasteiger partial charge >= 0.3 is 5.69 Å². The highest BCUT2D eigenvalue weighted by atomic mass is 79.9. The maximum Gasteiger partial charge on any atom is 0.301 e. The number of rotatable bonds is 5. The quantitative estimate of drug-likeness (QED) is 0.436. The Morgan fingerprint density at radius 3 is 2.60 bits per heavy atom. The molecule has 9 heteroatoms. The molecule has 8 nitrogen and oxygen atoms in total. The first kappa shape index (κ1) is 17.8. The summed E-state index contributed by atoms with van der Waals surface area (Å²) in [6.45, 7) is 4.46. The molecule has 1 aromatic rings. The molecule has 0 aromatic heterocycles. The smallest absolute Gasteiger partial charge is 0.272 e. The predicted octanol–water partition coefficient (Wildman–Crippen LogP) is 4.49. The molecule has 3 rings (SSSR count). The fourth-order valence-electron chi connectivity index (χ4n) is 4.21.